The van der Waals surface area contributed by atoms with Gasteiger partial charge in [-0.2, -0.15) is 0 Å². The summed E-state index contributed by atoms with van der Waals surface area (Å²) in [6, 6.07) is 2.62. The first-order valence-corrected chi connectivity index (χ1v) is 3.97. The quantitative estimate of drug-likeness (QED) is 0.726. The third-order valence-electron chi connectivity index (χ3n) is 1.96. The van der Waals surface area contributed by atoms with E-state index in [0.29, 0.717) is 11.0 Å². The molecule has 0 aliphatic carbocycles. The Hall–Kier alpha value is -1.91. The summed E-state index contributed by atoms with van der Waals surface area (Å²) >= 11 is 0. The van der Waals surface area contributed by atoms with Crippen LogP contribution >= 0.6 is 0 Å². The van der Waals surface area contributed by atoms with Crippen LogP contribution in [0.3, 0.4) is 0 Å². The van der Waals surface area contributed by atoms with Crippen LogP contribution in [0.2, 0.25) is 0 Å². The number of rotatable bonds is 1. The number of halogens is 1. The van der Waals surface area contributed by atoms with Gasteiger partial charge in [0.25, 0.3) is 0 Å². The summed E-state index contributed by atoms with van der Waals surface area (Å²) in [4.78, 5) is 17.1. The van der Waals surface area contributed by atoms with Gasteiger partial charge in [-0.05, 0) is 19.1 Å². The van der Waals surface area contributed by atoms with Gasteiger partial charge in [0.1, 0.15) is 17.2 Å². The average Bonchev–Trinajstić information content (AvgIpc) is 2.48. The number of hydrogen-bond donors (Lipinski definition) is 2. The second kappa shape index (κ2) is 2.80. The van der Waals surface area contributed by atoms with E-state index in [-0.39, 0.29) is 11.4 Å². The number of carbonyl (C=O) groups is 1. The first-order valence-electron chi connectivity index (χ1n) is 3.97. The van der Waals surface area contributed by atoms with Crippen LogP contribution in [0.4, 0.5) is 4.39 Å². The van der Waals surface area contributed by atoms with Crippen molar-refractivity contribution >= 4 is 17.0 Å². The zero-order valence-electron chi connectivity index (χ0n) is 7.34. The minimum Gasteiger partial charge on any atom is -0.477 e. The molecule has 4 nitrogen and oxygen atoms in total. The topological polar surface area (TPSA) is 66.0 Å². The van der Waals surface area contributed by atoms with E-state index >= 15 is 0 Å². The van der Waals surface area contributed by atoms with E-state index in [9.17, 15) is 9.18 Å². The fourth-order valence-corrected chi connectivity index (χ4v) is 1.24. The fourth-order valence-electron chi connectivity index (χ4n) is 1.24. The molecule has 72 valence electrons. The van der Waals surface area contributed by atoms with Gasteiger partial charge in [-0.15, -0.1) is 0 Å². The molecule has 0 unspecified atom stereocenters. The van der Waals surface area contributed by atoms with Crippen LogP contribution in [0.25, 0.3) is 11.0 Å². The van der Waals surface area contributed by atoms with Gasteiger partial charge in [0.2, 0.25) is 0 Å². The van der Waals surface area contributed by atoms with Gasteiger partial charge >= 0.3 is 5.97 Å². The first-order chi connectivity index (χ1) is 6.58. The number of aromatic amines is 1. The molecule has 14 heavy (non-hydrogen) atoms. The number of H-pyrrole nitrogens is 1. The second-order valence-electron chi connectivity index (χ2n) is 2.98. The summed E-state index contributed by atoms with van der Waals surface area (Å²) in [5.74, 6) is -1.52. The van der Waals surface area contributed by atoms with Gasteiger partial charge in [0.05, 0.1) is 5.69 Å². The predicted molar refractivity (Wildman–Crippen MR) is 47.7 cm³/mol. The molecule has 0 fully saturated rings. The molecular formula is C9H7FN2O2. The van der Waals surface area contributed by atoms with Gasteiger partial charge in [0, 0.05) is 5.39 Å². The smallest absolute Gasteiger partial charge is 0.352 e. The van der Waals surface area contributed by atoms with E-state index in [2.05, 4.69) is 9.97 Å². The molecule has 0 radical (unpaired) electrons. The maximum atomic E-state index is 13.0. The van der Waals surface area contributed by atoms with Crippen molar-refractivity contribution in [1.82, 2.24) is 9.97 Å². The number of aromatic nitrogens is 2. The predicted octanol–water partition coefficient (Wildman–Crippen LogP) is 1.71. The van der Waals surface area contributed by atoms with Crippen LogP contribution in [0, 0.1) is 12.7 Å². The van der Waals surface area contributed by atoms with Gasteiger partial charge in [-0.25, -0.2) is 14.2 Å². The maximum Gasteiger partial charge on any atom is 0.352 e. The third-order valence-corrected chi connectivity index (χ3v) is 1.96. The van der Waals surface area contributed by atoms with Gasteiger partial charge < -0.3 is 10.1 Å². The molecule has 2 aromatic rings. The van der Waals surface area contributed by atoms with Crippen LogP contribution in [-0.4, -0.2) is 21.0 Å². The normalized spacial score (nSPS) is 10.7. The number of nitrogens with one attached hydrogen (secondary N) is 1. The molecule has 0 atom stereocenters. The molecule has 2 rings (SSSR count). The van der Waals surface area contributed by atoms with Crippen molar-refractivity contribution in [3.8, 4) is 0 Å². The van der Waals surface area contributed by atoms with E-state index in [1.165, 1.54) is 19.1 Å². The van der Waals surface area contributed by atoms with E-state index in [1.54, 1.807) is 0 Å². The molecule has 0 aliphatic heterocycles. The lowest BCUT2D eigenvalue weighted by Crippen LogP contribution is -1.95. The molecule has 0 bridgehead atoms. The summed E-state index contributed by atoms with van der Waals surface area (Å²) in [6.45, 7) is 1.52. The number of carboxylic acid groups (broad SMARTS) is 1. The van der Waals surface area contributed by atoms with Crippen molar-refractivity contribution in [2.45, 2.75) is 6.92 Å². The van der Waals surface area contributed by atoms with Crippen molar-refractivity contribution in [2.75, 3.05) is 0 Å². The van der Waals surface area contributed by atoms with Crippen LogP contribution in [0.1, 0.15) is 16.2 Å². The molecule has 0 aromatic carbocycles. The Morgan fingerprint density at radius 3 is 2.93 bits per heavy atom. The maximum absolute atomic E-state index is 13.0. The lowest BCUT2D eigenvalue weighted by atomic mass is 10.3. The van der Waals surface area contributed by atoms with Crippen molar-refractivity contribution in [3.63, 3.8) is 0 Å². The number of hydrogen-bond acceptors (Lipinski definition) is 2. The van der Waals surface area contributed by atoms with Crippen molar-refractivity contribution in [2.24, 2.45) is 0 Å². The highest BCUT2D eigenvalue weighted by Gasteiger charge is 2.10. The number of pyridine rings is 1. The highest BCUT2D eigenvalue weighted by atomic mass is 19.1. The number of carboxylic acids is 1. The van der Waals surface area contributed by atoms with Crippen molar-refractivity contribution < 1.29 is 14.3 Å². The van der Waals surface area contributed by atoms with Crippen LogP contribution in [-0.2, 0) is 0 Å². The Morgan fingerprint density at radius 1 is 1.57 bits per heavy atom. The lowest BCUT2D eigenvalue weighted by molar-refractivity contribution is 0.0691. The van der Waals surface area contributed by atoms with Gasteiger partial charge in [0.15, 0.2) is 0 Å². The lowest BCUT2D eigenvalue weighted by Gasteiger charge is -1.93. The molecule has 0 aliphatic rings. The van der Waals surface area contributed by atoms with Crippen LogP contribution < -0.4 is 0 Å². The molecule has 0 spiro atoms. The molecule has 0 amide bonds. The Bertz CT molecular complexity index is 480. The minimum absolute atomic E-state index is 0.0116. The monoisotopic (exact) mass is 194 g/mol. The summed E-state index contributed by atoms with van der Waals surface area (Å²) in [7, 11) is 0. The standard InChI is InChI=1S/C9H7FN2O2/c1-4-6(10)2-5-3-7(9(13)14)12-8(5)11-4/h2-3H,1H3,(H,11,12)(H,13,14). The Balaban J connectivity index is 2.72. The Kier molecular flexibility index (Phi) is 1.73. The average molecular weight is 194 g/mol. The third kappa shape index (κ3) is 1.22. The van der Waals surface area contributed by atoms with Crippen LogP contribution in [0.5, 0.6) is 0 Å². The molecule has 0 saturated heterocycles. The van der Waals surface area contributed by atoms with E-state index in [1.807, 2.05) is 0 Å². The molecular weight excluding hydrogens is 187 g/mol. The largest absolute Gasteiger partial charge is 0.477 e. The minimum atomic E-state index is -1.08. The van der Waals surface area contributed by atoms with E-state index < -0.39 is 11.8 Å². The number of fused-ring (bicyclic) bond motifs is 1. The van der Waals surface area contributed by atoms with Crippen molar-refractivity contribution in [3.05, 3.63) is 29.3 Å². The van der Waals surface area contributed by atoms with Crippen molar-refractivity contribution in [1.29, 1.82) is 0 Å². The highest BCUT2D eigenvalue weighted by molar-refractivity contribution is 5.92. The summed E-state index contributed by atoms with van der Waals surface area (Å²) < 4.78 is 13.0. The van der Waals surface area contributed by atoms with Crippen LogP contribution in [0.15, 0.2) is 12.1 Å². The molecule has 2 heterocycles. The second-order valence-corrected chi connectivity index (χ2v) is 2.98. The first kappa shape index (κ1) is 8.68. The number of nitrogens with zero attached hydrogens (tertiary/aromatic N) is 1. The summed E-state index contributed by atoms with van der Waals surface area (Å²) in [5.41, 5.74) is 0.648. The van der Waals surface area contributed by atoms with Gasteiger partial charge in [-0.3, -0.25) is 0 Å². The van der Waals surface area contributed by atoms with E-state index in [0.717, 1.165) is 0 Å². The molecule has 2 N–H and O–H groups in total. The Morgan fingerprint density at radius 2 is 2.29 bits per heavy atom. The highest BCUT2D eigenvalue weighted by Crippen LogP contribution is 2.16. The summed E-state index contributed by atoms with van der Waals surface area (Å²) in [5, 5.41) is 9.14. The molecule has 5 heteroatoms. The van der Waals surface area contributed by atoms with Gasteiger partial charge in [-0.1, -0.05) is 0 Å². The SMILES string of the molecule is Cc1nc2[nH]c(C(=O)O)cc2cc1F. The number of aryl methyl sites for hydroxylation is 1. The molecule has 2 aromatic heterocycles. The zero-order valence-corrected chi connectivity index (χ0v) is 7.34. The number of aromatic carboxylic acids is 1. The summed E-state index contributed by atoms with van der Waals surface area (Å²) in [6.07, 6.45) is 0. The fraction of sp³-hybridized carbons (Fsp3) is 0.111. The Labute approximate surface area is 78.4 Å². The molecule has 0 saturated carbocycles. The van der Waals surface area contributed by atoms with E-state index in [4.69, 9.17) is 5.11 Å². The zero-order chi connectivity index (χ0) is 10.3.